The summed E-state index contributed by atoms with van der Waals surface area (Å²) in [6, 6.07) is -3.32. The lowest BCUT2D eigenvalue weighted by Gasteiger charge is -2.30. The molecule has 43 nitrogen and oxygen atoms in total. The average Bonchev–Trinajstić information content (AvgIpc) is 1.81. The van der Waals surface area contributed by atoms with Gasteiger partial charge in [-0.2, -0.15) is 0 Å². The van der Waals surface area contributed by atoms with Crippen molar-refractivity contribution in [2.24, 2.45) is 17.4 Å². The van der Waals surface area contributed by atoms with Crippen LogP contribution in [0.4, 0.5) is 5.69 Å². The number of carboxylic acid groups (broad SMARTS) is 4. The van der Waals surface area contributed by atoms with Crippen LogP contribution >= 0.6 is 0 Å². The number of carbonyl (C=O) groups is 20. The fourth-order valence-corrected chi connectivity index (χ4v) is 12.4. The lowest BCUT2D eigenvalue weighted by molar-refractivity contribution is -0.156. The number of hydrogen-bond donors (Lipinski definition) is 22. The summed E-state index contributed by atoms with van der Waals surface area (Å²) in [7, 11) is 0. The second kappa shape index (κ2) is 48.2. The zero-order chi connectivity index (χ0) is 89.9. The van der Waals surface area contributed by atoms with Crippen molar-refractivity contribution in [3.05, 3.63) is 107 Å². The van der Waals surface area contributed by atoms with Crippen LogP contribution in [0.5, 0.6) is 0 Å². The lowest BCUT2D eigenvalue weighted by Crippen LogP contribution is -2.62. The molecule has 13 atom stereocenters. The summed E-state index contributed by atoms with van der Waals surface area (Å²) in [5.74, 6) is -30.2. The van der Waals surface area contributed by atoms with Gasteiger partial charge in [0.1, 0.15) is 72.6 Å². The number of allylic oxidation sites excluding steroid dienone is 1. The van der Waals surface area contributed by atoms with Crippen LogP contribution in [0.2, 0.25) is 0 Å². The van der Waals surface area contributed by atoms with Crippen molar-refractivity contribution in [3.8, 4) is 0 Å². The zero-order valence-corrected chi connectivity index (χ0v) is 66.9. The summed E-state index contributed by atoms with van der Waals surface area (Å²) in [5, 5.41) is 78.8. The molecule has 0 aliphatic carbocycles. The first kappa shape index (κ1) is 97.8. The first-order valence-corrected chi connectivity index (χ1v) is 38.5. The van der Waals surface area contributed by atoms with Crippen LogP contribution in [-0.2, 0) is 109 Å². The topological polar surface area (TPSA) is 702 Å². The van der Waals surface area contributed by atoms with Crippen LogP contribution in [0.3, 0.4) is 0 Å². The van der Waals surface area contributed by atoms with Crippen molar-refractivity contribution in [2.45, 2.75) is 197 Å². The third kappa shape index (κ3) is 32.2. The van der Waals surface area contributed by atoms with Gasteiger partial charge in [0, 0.05) is 47.3 Å². The van der Waals surface area contributed by atoms with E-state index in [1.807, 2.05) is 40.2 Å². The van der Waals surface area contributed by atoms with E-state index in [2.05, 4.69) is 65.1 Å². The van der Waals surface area contributed by atoms with Gasteiger partial charge in [-0.1, -0.05) is 87.7 Å². The van der Waals surface area contributed by atoms with Gasteiger partial charge in [0.15, 0.2) is 5.78 Å². The maximum absolute atomic E-state index is 14.9. The third-order valence-corrected chi connectivity index (χ3v) is 18.9. The molecule has 0 spiro atoms. The number of para-hydroxylation sites is 2. The monoisotopic (exact) mass is 1690 g/mol. The van der Waals surface area contributed by atoms with Crippen LogP contribution in [0, 0.1) is 5.92 Å². The van der Waals surface area contributed by atoms with Gasteiger partial charge in [0.2, 0.25) is 82.7 Å². The van der Waals surface area contributed by atoms with Crippen molar-refractivity contribution in [1.29, 1.82) is 0 Å². The van der Waals surface area contributed by atoms with E-state index in [4.69, 9.17) is 21.9 Å². The number of Topliss-reactive ketones (excluding diaryl/α,β-unsaturated/α-hetero) is 1. The highest BCUT2D eigenvalue weighted by molar-refractivity contribution is 6.06. The summed E-state index contributed by atoms with van der Waals surface area (Å²) < 4.78 is 5.70. The Morgan fingerprint density at radius 2 is 1.13 bits per heavy atom. The Kier molecular flexibility index (Phi) is 39.0. The van der Waals surface area contributed by atoms with Crippen LogP contribution in [0.15, 0.2) is 85.1 Å². The fraction of sp³-hybridized carbons (Fsp3) is 0.462. The Hall–Kier alpha value is -13.7. The Morgan fingerprint density at radius 3 is 1.74 bits per heavy atom. The number of benzene rings is 3. The maximum atomic E-state index is 14.9. The van der Waals surface area contributed by atoms with Crippen molar-refractivity contribution in [1.82, 2.24) is 74.1 Å². The number of aliphatic carboxylic acids is 4. The SMILES string of the molecule is CCCCCCc1ccc(/C(C)=C/C(=O)N[C@@H](Cc2c[nH]c3ccccc23)C(=O)N[C@H](CC(N)=O)C(=O)N[C@@H](CC(=O)O)C(=O)N[C@@H]2C(=O)NCC(=O)N[C@@H](CCCN)C(=O)N[C@@H](CC(=O)O)C(=O)N[C@H](C)C(=O)N[C@@H](CC(=O)O)C(=O)NCC(=O)N[C@H](CO)C(=O)N[C@@H]([C@H](C)CC(=O)O)C(=O)N[C@@H](CC(=O)c3ccccc3N)C(=O)O[C@@H]2C)cc1. The van der Waals surface area contributed by atoms with Gasteiger partial charge in [-0.15, -0.1) is 0 Å². The molecule has 43 heteroatoms. The van der Waals surface area contributed by atoms with Crippen LogP contribution in [-0.4, -0.2) is 248 Å². The Balaban J connectivity index is 1.60. The van der Waals surface area contributed by atoms with Crippen molar-refractivity contribution >= 4 is 140 Å². The van der Waals surface area contributed by atoms with Gasteiger partial charge in [0.05, 0.1) is 51.8 Å². The van der Waals surface area contributed by atoms with E-state index in [0.29, 0.717) is 27.6 Å². The number of carboxylic acids is 4. The van der Waals surface area contributed by atoms with Gasteiger partial charge in [-0.3, -0.25) is 91.1 Å². The smallest absolute Gasteiger partial charge is 0.329 e. The zero-order valence-electron chi connectivity index (χ0n) is 66.9. The Labute approximate surface area is 691 Å². The average molecular weight is 1690 g/mol. The number of aliphatic hydroxyl groups excluding tert-OH is 1. The van der Waals surface area contributed by atoms with Crippen LogP contribution in [0.25, 0.3) is 16.5 Å². The number of ketones is 1. The molecule has 0 bridgehead atoms. The number of unbranched alkanes of at least 4 members (excludes halogenated alkanes) is 3. The molecule has 1 saturated heterocycles. The fourth-order valence-electron chi connectivity index (χ4n) is 12.4. The van der Waals surface area contributed by atoms with Gasteiger partial charge in [-0.05, 0) is 99.4 Å². The van der Waals surface area contributed by atoms with Gasteiger partial charge in [0.25, 0.3) is 0 Å². The molecule has 0 saturated carbocycles. The molecule has 0 unspecified atom stereocenters. The number of ether oxygens (including phenoxy) is 1. The molecule has 25 N–H and O–H groups in total. The second-order valence-electron chi connectivity index (χ2n) is 28.7. The number of primary amides is 1. The second-order valence-corrected chi connectivity index (χ2v) is 28.7. The van der Waals surface area contributed by atoms with Crippen molar-refractivity contribution < 1.29 is 126 Å². The predicted octanol–water partition coefficient (Wildman–Crippen LogP) is -4.54. The number of nitrogens with two attached hydrogens (primary N) is 3. The van der Waals surface area contributed by atoms with E-state index in [-0.39, 0.29) is 30.6 Å². The Morgan fingerprint density at radius 1 is 0.570 bits per heavy atom. The van der Waals surface area contributed by atoms with Crippen molar-refractivity contribution in [3.63, 3.8) is 0 Å². The number of aliphatic hydroxyl groups is 1. The minimum absolute atomic E-state index is 0.0997. The number of fused-ring (bicyclic) bond motifs is 1. The molecule has 3 aromatic carbocycles. The quantitative estimate of drug-likeness (QED) is 0.00689. The number of nitrogen functional groups attached to an aromatic ring is 1. The molecule has 1 aliphatic heterocycles. The number of cyclic esters (lactones) is 1. The summed E-state index contributed by atoms with van der Waals surface area (Å²) in [4.78, 5) is 278. The predicted molar refractivity (Wildman–Crippen MR) is 426 cm³/mol. The number of aromatic amines is 1. The van der Waals surface area contributed by atoms with Gasteiger partial charge < -0.3 is 122 Å². The van der Waals surface area contributed by atoms with Crippen LogP contribution in [0.1, 0.15) is 139 Å². The van der Waals surface area contributed by atoms with Gasteiger partial charge >= 0.3 is 29.8 Å². The molecular weight excluding hydrogens is 1590 g/mol. The maximum Gasteiger partial charge on any atom is 0.329 e. The molecule has 2 heterocycles. The highest BCUT2D eigenvalue weighted by Crippen LogP contribution is 2.23. The van der Waals surface area contributed by atoms with Crippen molar-refractivity contribution in [2.75, 3.05) is 32.0 Å². The number of H-pyrrole nitrogens is 1. The molecule has 656 valence electrons. The molecule has 14 amide bonds. The van der Waals surface area contributed by atoms with E-state index < -0.39 is 261 Å². The number of rotatable bonds is 34. The standard InChI is InChI=1S/C78H103N17O26/c1-6-7-8-9-15-42-21-23-43(24-22-42)38(2)26-59(99)87-50(28-44-34-82-48-19-13-11-16-45(44)48)72(114)90-51(30-58(81)98)73(115)92-54(33-65(108)109)74(116)95-67-41(5)121-78(120)55(29-57(97)46-17-10-12-18-47(46)80)93-77(119)66(39(3)27-62(102)103)94-75(117)56(37-96)88-61(101)35-83-69(111)52(31-63(104)105)89-68(110)40(4)85-71(113)53(32-64(106)107)91-70(112)49(20-14-25-79)86-60(100)36-84-76(67)118/h10-13,16-19,21-24,26,34,39-41,49-56,66-67,82,96H,6-9,14-15,20,25,27-33,35-37,79-80H2,1-5H3,(H2,81,98)(H,83,111)(H,84,118)(H,85,113)(H,86,100)(H,87,99)(H,88,101)(H,89,110)(H,90,114)(H,91,112)(H,92,115)(H,93,119)(H,94,117)(H,95,116)(H,102,103)(H,104,105)(H,106,107)(H,108,109)/b38-26+/t39-,40-,41-,49+,50+,51-,52+,53+,54+,55+,56-,66+,67+/m1/s1. The molecular formula is C78H103N17O26. The number of anilines is 1. The first-order chi connectivity index (χ1) is 57.2. The van der Waals surface area contributed by atoms with E-state index in [1.54, 1.807) is 37.4 Å². The number of aryl methyl sites for hydroxylation is 1. The molecule has 1 aliphatic rings. The van der Waals surface area contributed by atoms with E-state index in [9.17, 15) is 121 Å². The van der Waals surface area contributed by atoms with Crippen LogP contribution < -0.4 is 86.3 Å². The molecule has 121 heavy (non-hydrogen) atoms. The molecule has 1 fully saturated rings. The van der Waals surface area contributed by atoms with E-state index in [0.717, 1.165) is 58.4 Å². The number of carbonyl (C=O) groups excluding carboxylic acids is 16. The van der Waals surface area contributed by atoms with Gasteiger partial charge in [-0.25, -0.2) is 4.79 Å². The Bertz CT molecular complexity index is 4510. The third-order valence-electron chi connectivity index (χ3n) is 18.9. The minimum atomic E-state index is -2.47. The number of nitrogens with one attached hydrogen (secondary N) is 14. The molecule has 5 rings (SSSR count). The number of hydrogen-bond acceptors (Lipinski definition) is 24. The molecule has 0 radical (unpaired) electrons. The summed E-state index contributed by atoms with van der Waals surface area (Å²) in [5.41, 5.74) is 20.3. The summed E-state index contributed by atoms with van der Waals surface area (Å²) in [6.07, 6.45) is -2.23. The normalized spacial score (nSPS) is 20.9. The lowest BCUT2D eigenvalue weighted by atomic mass is 9.96. The van der Waals surface area contributed by atoms with E-state index in [1.165, 1.54) is 30.3 Å². The molecule has 1 aromatic heterocycles. The number of amides is 14. The van der Waals surface area contributed by atoms with E-state index >= 15 is 0 Å². The summed E-state index contributed by atoms with van der Waals surface area (Å²) in [6.45, 7) is 2.78. The highest BCUT2D eigenvalue weighted by atomic mass is 16.5. The first-order valence-electron chi connectivity index (χ1n) is 38.5. The summed E-state index contributed by atoms with van der Waals surface area (Å²) >= 11 is 0. The largest absolute Gasteiger partial charge is 0.481 e. The number of aromatic nitrogens is 1. The molecule has 4 aromatic rings. The minimum Gasteiger partial charge on any atom is -0.481 e. The number of esters is 1. The highest BCUT2D eigenvalue weighted by Gasteiger charge is 2.41.